The molecule has 31 heavy (non-hydrogen) atoms. The number of nitrogens with zero attached hydrogens (tertiary/aromatic N) is 5. The largest absolute Gasteiger partial charge is 0.479 e. The second-order valence-corrected chi connectivity index (χ2v) is 9.09. The second kappa shape index (κ2) is 7.16. The Hall–Kier alpha value is -3.27. The van der Waals surface area contributed by atoms with Gasteiger partial charge in [-0.2, -0.15) is 10.1 Å². The van der Waals surface area contributed by atoms with Gasteiger partial charge in [0.05, 0.1) is 18.7 Å². The molecule has 1 fully saturated rings. The standard InChI is InChI=1S/C21H21N7O2S/c1-30-19-14(7-12-9-24-27-17(12)26-19)25-18-16-13-4-3-11(21(29)28-5-2-6-28)8-15(13)31-20(16)23-10-22-18/h7,9-11H,2-6,8H2,1H3,(H,22,23,25)(H,24,26,27). The molecule has 2 aliphatic rings. The molecule has 0 bridgehead atoms. The first-order chi connectivity index (χ1) is 15.2. The summed E-state index contributed by atoms with van der Waals surface area (Å²) in [7, 11) is 1.59. The molecule has 158 valence electrons. The number of aromatic amines is 1. The van der Waals surface area contributed by atoms with Crippen LogP contribution in [0.4, 0.5) is 11.5 Å². The molecule has 1 amide bonds. The summed E-state index contributed by atoms with van der Waals surface area (Å²) in [6.45, 7) is 1.82. The van der Waals surface area contributed by atoms with Crippen molar-refractivity contribution in [1.82, 2.24) is 30.0 Å². The van der Waals surface area contributed by atoms with Gasteiger partial charge in [0, 0.05) is 29.3 Å². The highest BCUT2D eigenvalue weighted by Crippen LogP contribution is 2.41. The highest BCUT2D eigenvalue weighted by molar-refractivity contribution is 7.19. The number of aryl methyl sites for hydroxylation is 1. The van der Waals surface area contributed by atoms with Crippen LogP contribution in [0.3, 0.4) is 0 Å². The average molecular weight is 436 g/mol. The van der Waals surface area contributed by atoms with Crippen LogP contribution in [-0.4, -0.2) is 56.2 Å². The Morgan fingerprint density at radius 1 is 1.35 bits per heavy atom. The van der Waals surface area contributed by atoms with Gasteiger partial charge in [0.15, 0.2) is 5.65 Å². The van der Waals surface area contributed by atoms with Gasteiger partial charge in [0.1, 0.15) is 22.7 Å². The number of amides is 1. The van der Waals surface area contributed by atoms with Crippen molar-refractivity contribution in [2.24, 2.45) is 5.92 Å². The number of nitrogens with one attached hydrogen (secondary N) is 2. The number of aromatic nitrogens is 5. The van der Waals surface area contributed by atoms with E-state index in [9.17, 15) is 4.79 Å². The van der Waals surface area contributed by atoms with E-state index in [0.717, 1.165) is 65.9 Å². The lowest BCUT2D eigenvalue weighted by molar-refractivity contribution is -0.139. The Labute approximate surface area is 181 Å². The van der Waals surface area contributed by atoms with E-state index in [1.54, 1.807) is 31.0 Å². The van der Waals surface area contributed by atoms with E-state index in [4.69, 9.17) is 4.74 Å². The van der Waals surface area contributed by atoms with E-state index in [1.807, 2.05) is 11.0 Å². The Balaban J connectivity index is 1.37. The van der Waals surface area contributed by atoms with Gasteiger partial charge in [-0.05, 0) is 37.3 Å². The van der Waals surface area contributed by atoms with Crippen LogP contribution in [0.25, 0.3) is 21.3 Å². The zero-order valence-electron chi connectivity index (χ0n) is 17.0. The molecule has 10 heteroatoms. The third-order valence-electron chi connectivity index (χ3n) is 6.20. The van der Waals surface area contributed by atoms with Crippen molar-refractivity contribution in [3.63, 3.8) is 0 Å². The Kier molecular flexibility index (Phi) is 4.27. The number of fused-ring (bicyclic) bond motifs is 4. The molecule has 9 nitrogen and oxygen atoms in total. The van der Waals surface area contributed by atoms with E-state index < -0.39 is 0 Å². The fraction of sp³-hybridized carbons (Fsp3) is 0.381. The van der Waals surface area contributed by atoms with Crippen LogP contribution in [0, 0.1) is 5.92 Å². The van der Waals surface area contributed by atoms with Crippen LogP contribution in [0.2, 0.25) is 0 Å². The maximum absolute atomic E-state index is 12.7. The van der Waals surface area contributed by atoms with Gasteiger partial charge >= 0.3 is 0 Å². The number of likely N-dealkylation sites (tertiary alicyclic amines) is 1. The van der Waals surface area contributed by atoms with Crippen LogP contribution in [0.15, 0.2) is 18.6 Å². The number of anilines is 2. The summed E-state index contributed by atoms with van der Waals surface area (Å²) in [5, 5.41) is 12.2. The fourth-order valence-electron chi connectivity index (χ4n) is 4.45. The van der Waals surface area contributed by atoms with Crippen molar-refractivity contribution >= 4 is 50.0 Å². The number of carbonyl (C=O) groups is 1. The number of ether oxygens (including phenoxy) is 1. The summed E-state index contributed by atoms with van der Waals surface area (Å²) >= 11 is 1.67. The second-order valence-electron chi connectivity index (χ2n) is 8.00. The number of hydrogen-bond donors (Lipinski definition) is 2. The molecule has 0 spiro atoms. The summed E-state index contributed by atoms with van der Waals surface area (Å²) in [6, 6.07) is 1.94. The molecule has 0 aromatic carbocycles. The molecule has 5 heterocycles. The van der Waals surface area contributed by atoms with Crippen LogP contribution in [0.1, 0.15) is 23.3 Å². The fourth-order valence-corrected chi connectivity index (χ4v) is 5.71. The van der Waals surface area contributed by atoms with Crippen LogP contribution >= 0.6 is 11.3 Å². The summed E-state index contributed by atoms with van der Waals surface area (Å²) in [4.78, 5) is 30.4. The molecule has 1 aliphatic carbocycles. The van der Waals surface area contributed by atoms with Crippen LogP contribution in [-0.2, 0) is 17.6 Å². The molecule has 1 atom stereocenters. The van der Waals surface area contributed by atoms with Crippen molar-refractivity contribution < 1.29 is 9.53 Å². The van der Waals surface area contributed by atoms with Crippen molar-refractivity contribution in [3.05, 3.63) is 29.0 Å². The highest BCUT2D eigenvalue weighted by atomic mass is 32.1. The number of hydrogen-bond acceptors (Lipinski definition) is 8. The Bertz CT molecular complexity index is 1310. The molecule has 0 radical (unpaired) electrons. The predicted molar refractivity (Wildman–Crippen MR) is 118 cm³/mol. The Morgan fingerprint density at radius 2 is 2.26 bits per heavy atom. The molecular formula is C21H21N7O2S. The van der Waals surface area contributed by atoms with Gasteiger partial charge < -0.3 is 15.0 Å². The lowest BCUT2D eigenvalue weighted by Gasteiger charge is -2.35. The van der Waals surface area contributed by atoms with Crippen molar-refractivity contribution in [1.29, 1.82) is 0 Å². The van der Waals surface area contributed by atoms with Gasteiger partial charge in [-0.1, -0.05) is 0 Å². The molecule has 6 rings (SSSR count). The summed E-state index contributed by atoms with van der Waals surface area (Å²) < 4.78 is 5.48. The third kappa shape index (κ3) is 3.01. The first kappa shape index (κ1) is 18.5. The molecule has 1 unspecified atom stereocenters. The first-order valence-corrected chi connectivity index (χ1v) is 11.2. The Morgan fingerprint density at radius 3 is 3.06 bits per heavy atom. The van der Waals surface area contributed by atoms with E-state index in [-0.39, 0.29) is 5.92 Å². The monoisotopic (exact) mass is 435 g/mol. The van der Waals surface area contributed by atoms with Gasteiger partial charge in [-0.15, -0.1) is 11.3 Å². The number of H-pyrrole nitrogens is 1. The maximum atomic E-state index is 12.7. The van der Waals surface area contributed by atoms with Gasteiger partial charge in [-0.3, -0.25) is 9.89 Å². The number of pyridine rings is 1. The molecule has 2 N–H and O–H groups in total. The zero-order chi connectivity index (χ0) is 20.9. The zero-order valence-corrected chi connectivity index (χ0v) is 17.8. The molecule has 1 saturated heterocycles. The third-order valence-corrected chi connectivity index (χ3v) is 7.36. The minimum atomic E-state index is 0.0815. The average Bonchev–Trinajstić information content (AvgIpc) is 3.35. The number of thiophene rings is 1. The smallest absolute Gasteiger partial charge is 0.239 e. The van der Waals surface area contributed by atoms with Crippen LogP contribution < -0.4 is 10.1 Å². The molecule has 4 aromatic heterocycles. The number of rotatable bonds is 4. The number of methoxy groups -OCH3 is 1. The topological polar surface area (TPSA) is 109 Å². The van der Waals surface area contributed by atoms with Gasteiger partial charge in [0.2, 0.25) is 11.8 Å². The minimum Gasteiger partial charge on any atom is -0.479 e. The molecule has 0 saturated carbocycles. The summed E-state index contributed by atoms with van der Waals surface area (Å²) in [6.07, 6.45) is 6.94. The summed E-state index contributed by atoms with van der Waals surface area (Å²) in [5.74, 6) is 1.59. The van der Waals surface area contributed by atoms with E-state index >= 15 is 0 Å². The van der Waals surface area contributed by atoms with Gasteiger partial charge in [0.25, 0.3) is 0 Å². The molecule has 4 aromatic rings. The van der Waals surface area contributed by atoms with Crippen LogP contribution in [0.5, 0.6) is 5.88 Å². The first-order valence-electron chi connectivity index (χ1n) is 10.4. The highest BCUT2D eigenvalue weighted by Gasteiger charge is 2.33. The van der Waals surface area contributed by atoms with Crippen molar-refractivity contribution in [2.45, 2.75) is 25.7 Å². The molecular weight excluding hydrogens is 414 g/mol. The quantitative estimate of drug-likeness (QED) is 0.507. The lowest BCUT2D eigenvalue weighted by atomic mass is 9.86. The lowest BCUT2D eigenvalue weighted by Crippen LogP contribution is -2.46. The van der Waals surface area contributed by atoms with Crippen molar-refractivity contribution in [2.75, 3.05) is 25.5 Å². The van der Waals surface area contributed by atoms with E-state index in [0.29, 0.717) is 17.4 Å². The number of carbonyl (C=O) groups excluding carboxylic acids is 1. The normalized spacial score (nSPS) is 18.1. The maximum Gasteiger partial charge on any atom is 0.239 e. The van der Waals surface area contributed by atoms with E-state index in [2.05, 4.69) is 30.5 Å². The van der Waals surface area contributed by atoms with Gasteiger partial charge in [-0.25, -0.2) is 9.97 Å². The predicted octanol–water partition coefficient (Wildman–Crippen LogP) is 3.05. The van der Waals surface area contributed by atoms with E-state index in [1.165, 1.54) is 10.4 Å². The SMILES string of the molecule is COc1nc2[nH]ncc2cc1Nc1ncnc2sc3c(c12)CCC(C(=O)N1CCC1)C3. The van der Waals surface area contributed by atoms with Crippen molar-refractivity contribution in [3.8, 4) is 5.88 Å². The minimum absolute atomic E-state index is 0.0815. The summed E-state index contributed by atoms with van der Waals surface area (Å²) in [5.41, 5.74) is 2.64. The molecule has 1 aliphatic heterocycles.